The van der Waals surface area contributed by atoms with Crippen LogP contribution in [0.3, 0.4) is 0 Å². The minimum atomic E-state index is 0.436. The smallest absolute Gasteiger partial charge is 0.203 e. The van der Waals surface area contributed by atoms with Crippen molar-refractivity contribution in [3.63, 3.8) is 0 Å². The van der Waals surface area contributed by atoms with Crippen LogP contribution in [-0.4, -0.2) is 70.6 Å². The number of nitrogens with zero attached hydrogens (tertiary/aromatic N) is 3. The molecule has 3 aromatic carbocycles. The van der Waals surface area contributed by atoms with Gasteiger partial charge in [0.15, 0.2) is 11.5 Å². The lowest BCUT2D eigenvalue weighted by Crippen LogP contribution is -2.37. The second kappa shape index (κ2) is 14.0. The first-order chi connectivity index (χ1) is 20.6. The molecule has 0 aliphatic carbocycles. The van der Waals surface area contributed by atoms with Crippen molar-refractivity contribution in [3.8, 4) is 34.4 Å². The highest BCUT2D eigenvalue weighted by atomic mass is 16.5. The Morgan fingerprint density at radius 2 is 1.71 bits per heavy atom. The third-order valence-electron chi connectivity index (χ3n) is 7.44. The lowest BCUT2D eigenvalue weighted by Gasteiger charge is -2.26. The van der Waals surface area contributed by atoms with Crippen molar-refractivity contribution in [2.75, 3.05) is 66.0 Å². The van der Waals surface area contributed by atoms with Crippen LogP contribution in [0.5, 0.6) is 17.2 Å². The lowest BCUT2D eigenvalue weighted by molar-refractivity contribution is 0.0374. The van der Waals surface area contributed by atoms with Crippen LogP contribution < -0.4 is 24.8 Å². The Balaban J connectivity index is 1.33. The van der Waals surface area contributed by atoms with Gasteiger partial charge in [0.2, 0.25) is 5.75 Å². The molecule has 0 unspecified atom stereocenters. The summed E-state index contributed by atoms with van der Waals surface area (Å²) in [7, 11) is 4.71. The third-order valence-corrected chi connectivity index (χ3v) is 7.44. The van der Waals surface area contributed by atoms with Crippen molar-refractivity contribution in [2.24, 2.45) is 0 Å². The van der Waals surface area contributed by atoms with Crippen LogP contribution in [0.1, 0.15) is 17.5 Å². The number of methoxy groups -OCH3 is 3. The second-order valence-electron chi connectivity index (χ2n) is 10.1. The van der Waals surface area contributed by atoms with Crippen LogP contribution in [0.15, 0.2) is 60.8 Å². The van der Waals surface area contributed by atoms with E-state index in [4.69, 9.17) is 18.9 Å². The predicted octanol–water partition coefficient (Wildman–Crippen LogP) is 5.35. The molecule has 0 atom stereocenters. The molecule has 5 rings (SSSR count). The van der Waals surface area contributed by atoms with Gasteiger partial charge in [-0.25, -0.2) is 0 Å². The van der Waals surface area contributed by atoms with E-state index in [0.717, 1.165) is 74.4 Å². The van der Waals surface area contributed by atoms with Crippen molar-refractivity contribution in [2.45, 2.75) is 13.0 Å². The lowest BCUT2D eigenvalue weighted by atomic mass is 10.00. The number of morpholine rings is 1. The Bertz CT molecular complexity index is 1540. The van der Waals surface area contributed by atoms with E-state index in [-0.39, 0.29) is 0 Å². The van der Waals surface area contributed by atoms with Gasteiger partial charge in [-0.1, -0.05) is 30.3 Å². The Kier molecular flexibility index (Phi) is 9.72. The molecule has 0 saturated carbocycles. The number of hydrogen-bond donors (Lipinski definition) is 2. The van der Waals surface area contributed by atoms with Gasteiger partial charge in [0.25, 0.3) is 0 Å². The molecule has 2 N–H and O–H groups in total. The van der Waals surface area contributed by atoms with Crippen molar-refractivity contribution < 1.29 is 18.9 Å². The van der Waals surface area contributed by atoms with Crippen LogP contribution in [0.2, 0.25) is 0 Å². The number of ether oxygens (including phenoxy) is 4. The van der Waals surface area contributed by atoms with Crippen LogP contribution in [0.4, 0.5) is 11.4 Å². The third kappa shape index (κ3) is 6.74. The summed E-state index contributed by atoms with van der Waals surface area (Å²) in [6.45, 7) is 6.64. The van der Waals surface area contributed by atoms with Gasteiger partial charge in [0.05, 0.1) is 51.3 Å². The normalized spacial score (nSPS) is 13.5. The number of pyridine rings is 1. The van der Waals surface area contributed by atoms with E-state index >= 15 is 0 Å². The summed E-state index contributed by atoms with van der Waals surface area (Å²) in [6, 6.07) is 20.6. The standard InChI is InChI=1S/C33H37N5O4/c1-39-30-18-27(19-31(40-2)33(30)41-3)37-32-26(20-34)22-36-29-17-25(8-9-28(29)32)24-7-4-6-23(16-24)21-35-10-5-11-38-12-14-42-15-13-38/h4,6-9,16-19,22,35H,5,10-15,21H2,1-3H3,(H,36,37). The fourth-order valence-electron chi connectivity index (χ4n) is 5.24. The van der Waals surface area contributed by atoms with Gasteiger partial charge in [-0.3, -0.25) is 9.88 Å². The summed E-state index contributed by atoms with van der Waals surface area (Å²) >= 11 is 0. The van der Waals surface area contributed by atoms with Crippen LogP contribution >= 0.6 is 0 Å². The van der Waals surface area contributed by atoms with E-state index in [2.05, 4.69) is 63.0 Å². The molecule has 1 aliphatic rings. The number of aromatic nitrogens is 1. The zero-order chi connectivity index (χ0) is 29.3. The average molecular weight is 568 g/mol. The molecule has 0 amide bonds. The van der Waals surface area contributed by atoms with Gasteiger partial charge in [-0.2, -0.15) is 5.26 Å². The molecule has 1 aromatic heterocycles. The molecule has 218 valence electrons. The molecule has 0 radical (unpaired) electrons. The number of rotatable bonds is 12. The molecule has 2 heterocycles. The van der Waals surface area contributed by atoms with Gasteiger partial charge < -0.3 is 29.6 Å². The minimum Gasteiger partial charge on any atom is -0.493 e. The monoisotopic (exact) mass is 567 g/mol. The highest BCUT2D eigenvalue weighted by Gasteiger charge is 2.16. The molecule has 9 nitrogen and oxygen atoms in total. The number of nitrogens with one attached hydrogen (secondary N) is 2. The molecule has 1 fully saturated rings. The molecule has 1 saturated heterocycles. The van der Waals surface area contributed by atoms with Gasteiger partial charge in [0, 0.05) is 49.0 Å². The predicted molar refractivity (Wildman–Crippen MR) is 165 cm³/mol. The van der Waals surface area contributed by atoms with Gasteiger partial charge in [0.1, 0.15) is 6.07 Å². The highest BCUT2D eigenvalue weighted by Crippen LogP contribution is 2.41. The summed E-state index contributed by atoms with van der Waals surface area (Å²) in [6.07, 6.45) is 2.72. The molecule has 4 aromatic rings. The quantitative estimate of drug-likeness (QED) is 0.219. The number of fused-ring (bicyclic) bond motifs is 1. The number of hydrogen-bond acceptors (Lipinski definition) is 9. The zero-order valence-corrected chi connectivity index (χ0v) is 24.4. The van der Waals surface area contributed by atoms with Crippen LogP contribution in [0, 0.1) is 11.3 Å². The van der Waals surface area contributed by atoms with E-state index in [1.807, 2.05) is 18.2 Å². The van der Waals surface area contributed by atoms with Gasteiger partial charge in [-0.05, 0) is 48.3 Å². The summed E-state index contributed by atoms with van der Waals surface area (Å²) in [5.74, 6) is 1.54. The maximum Gasteiger partial charge on any atom is 0.203 e. The molecular weight excluding hydrogens is 530 g/mol. The summed E-state index contributed by atoms with van der Waals surface area (Å²) < 4.78 is 21.9. The molecular formula is C33H37N5O4. The highest BCUT2D eigenvalue weighted by molar-refractivity contribution is 5.98. The fourth-order valence-corrected chi connectivity index (χ4v) is 5.24. The van der Waals surface area contributed by atoms with E-state index in [1.54, 1.807) is 27.5 Å². The second-order valence-corrected chi connectivity index (χ2v) is 10.1. The van der Waals surface area contributed by atoms with E-state index in [1.165, 1.54) is 5.56 Å². The number of benzene rings is 3. The maximum atomic E-state index is 9.86. The Morgan fingerprint density at radius 3 is 2.43 bits per heavy atom. The van der Waals surface area contributed by atoms with Crippen molar-refractivity contribution in [3.05, 3.63) is 71.9 Å². The fraction of sp³-hybridized carbons (Fsp3) is 0.333. The van der Waals surface area contributed by atoms with Crippen molar-refractivity contribution in [1.29, 1.82) is 5.26 Å². The van der Waals surface area contributed by atoms with Crippen molar-refractivity contribution >= 4 is 22.3 Å². The first-order valence-electron chi connectivity index (χ1n) is 14.1. The van der Waals surface area contributed by atoms with Crippen molar-refractivity contribution in [1.82, 2.24) is 15.2 Å². The molecule has 0 spiro atoms. The molecule has 0 bridgehead atoms. The van der Waals surface area contributed by atoms with Crippen LogP contribution in [-0.2, 0) is 11.3 Å². The Morgan fingerprint density at radius 1 is 0.952 bits per heavy atom. The van der Waals surface area contributed by atoms with E-state index < -0.39 is 0 Å². The van der Waals surface area contributed by atoms with Gasteiger partial charge >= 0.3 is 0 Å². The Hall–Kier alpha value is -4.36. The van der Waals surface area contributed by atoms with Gasteiger partial charge in [-0.15, -0.1) is 0 Å². The maximum absolute atomic E-state index is 9.86. The first-order valence-corrected chi connectivity index (χ1v) is 14.1. The minimum absolute atomic E-state index is 0.436. The Labute approximate surface area is 247 Å². The SMILES string of the molecule is COc1cc(Nc2c(C#N)cnc3cc(-c4cccc(CNCCCN5CCOCC5)c4)ccc23)cc(OC)c1OC. The first kappa shape index (κ1) is 29.1. The van der Waals surface area contributed by atoms with E-state index in [9.17, 15) is 5.26 Å². The zero-order valence-electron chi connectivity index (χ0n) is 24.4. The summed E-state index contributed by atoms with van der Waals surface area (Å²) in [4.78, 5) is 7.07. The summed E-state index contributed by atoms with van der Waals surface area (Å²) in [5, 5.41) is 17.7. The molecule has 9 heteroatoms. The summed E-state index contributed by atoms with van der Waals surface area (Å²) in [5.41, 5.74) is 6.00. The topological polar surface area (TPSA) is 101 Å². The number of anilines is 2. The van der Waals surface area contributed by atoms with Crippen LogP contribution in [0.25, 0.3) is 22.0 Å². The largest absolute Gasteiger partial charge is 0.493 e. The number of nitriles is 1. The molecule has 42 heavy (non-hydrogen) atoms. The molecule has 1 aliphatic heterocycles. The average Bonchev–Trinajstić information content (AvgIpc) is 3.04. The van der Waals surface area contributed by atoms with E-state index in [0.29, 0.717) is 34.2 Å².